The van der Waals surface area contributed by atoms with Crippen molar-refractivity contribution in [3.05, 3.63) is 23.5 Å². The molecular weight excluding hydrogens is 428 g/mol. The van der Waals surface area contributed by atoms with E-state index in [-0.39, 0.29) is 5.28 Å². The number of aromatic nitrogens is 7. The van der Waals surface area contributed by atoms with Crippen LogP contribution in [0.2, 0.25) is 5.28 Å². The summed E-state index contributed by atoms with van der Waals surface area (Å²) >= 11 is 6.04. The van der Waals surface area contributed by atoms with E-state index in [4.69, 9.17) is 11.6 Å². The first kappa shape index (κ1) is 24.3. The largest absolute Gasteiger partial charge is 0.362 e. The Hall–Kier alpha value is -2.30. The lowest BCUT2D eigenvalue weighted by Crippen LogP contribution is -2.31. The van der Waals surface area contributed by atoms with Gasteiger partial charge in [0.25, 0.3) is 0 Å². The second-order valence-electron chi connectivity index (χ2n) is 8.00. The first-order chi connectivity index (χ1) is 15.6. The maximum atomic E-state index is 6.04. The molecule has 3 aromatic rings. The van der Waals surface area contributed by atoms with Gasteiger partial charge in [-0.15, -0.1) is 5.10 Å². The van der Waals surface area contributed by atoms with Crippen molar-refractivity contribution in [2.24, 2.45) is 7.05 Å². The van der Waals surface area contributed by atoms with Crippen LogP contribution in [-0.4, -0.2) is 60.2 Å². The van der Waals surface area contributed by atoms with Crippen molar-refractivity contribution in [2.75, 3.05) is 25.0 Å². The van der Waals surface area contributed by atoms with Crippen molar-refractivity contribution in [3.63, 3.8) is 0 Å². The van der Waals surface area contributed by atoms with Gasteiger partial charge in [0.15, 0.2) is 17.0 Å². The van der Waals surface area contributed by atoms with Crippen molar-refractivity contribution in [1.29, 1.82) is 0 Å². The number of nitrogens with zero attached hydrogens (tertiary/aromatic N) is 7. The number of fused-ring (bicyclic) bond motifs is 1. The quantitative estimate of drug-likeness (QED) is 0.233. The number of halogens is 1. The Morgan fingerprint density at radius 1 is 1.12 bits per heavy atom. The molecule has 11 heteroatoms. The highest BCUT2D eigenvalue weighted by Gasteiger charge is 2.11. The number of hydrogen-bond acceptors (Lipinski definition) is 8. The molecule has 0 saturated carbocycles. The van der Waals surface area contributed by atoms with Crippen molar-refractivity contribution in [3.8, 4) is 0 Å². The lowest BCUT2D eigenvalue weighted by Gasteiger charge is -2.15. The number of anilines is 1. The van der Waals surface area contributed by atoms with Gasteiger partial charge in [-0.1, -0.05) is 25.5 Å². The molecule has 1 unspecified atom stereocenters. The highest BCUT2D eigenvalue weighted by Crippen LogP contribution is 2.20. The van der Waals surface area contributed by atoms with E-state index in [2.05, 4.69) is 55.1 Å². The molecule has 0 aliphatic carbocycles. The van der Waals surface area contributed by atoms with Crippen LogP contribution in [0.3, 0.4) is 0 Å². The SMILES string of the molecule is CCCC(CC)NCCCNCCCn1cc(CNc2nc(Cl)nc3c2ncn3C)nn1. The van der Waals surface area contributed by atoms with Crippen LogP contribution in [-0.2, 0) is 20.1 Å². The monoisotopic (exact) mass is 462 g/mol. The molecule has 0 aliphatic heterocycles. The third kappa shape index (κ3) is 7.11. The molecule has 3 heterocycles. The fourth-order valence-corrected chi connectivity index (χ4v) is 3.78. The molecule has 3 aromatic heterocycles. The summed E-state index contributed by atoms with van der Waals surface area (Å²) in [6, 6.07) is 0.664. The van der Waals surface area contributed by atoms with Crippen LogP contribution in [0.15, 0.2) is 12.5 Å². The standard InChI is InChI=1S/C21H35ClN10/c1-4-8-16(5-2)24-11-6-9-23-10-7-12-32-14-17(29-30-32)13-25-19-18-20(28-21(22)27-19)31(3)15-26-18/h14-16,23-24H,4-13H2,1-3H3,(H,25,27,28). The fraction of sp³-hybridized carbons (Fsp3) is 0.667. The summed E-state index contributed by atoms with van der Waals surface area (Å²) < 4.78 is 3.68. The van der Waals surface area contributed by atoms with E-state index in [0.29, 0.717) is 29.6 Å². The lowest BCUT2D eigenvalue weighted by molar-refractivity contribution is 0.451. The van der Waals surface area contributed by atoms with Gasteiger partial charge in [0.05, 0.1) is 19.1 Å². The van der Waals surface area contributed by atoms with Crippen LogP contribution in [0.5, 0.6) is 0 Å². The molecule has 3 rings (SSSR count). The van der Waals surface area contributed by atoms with E-state index < -0.39 is 0 Å². The van der Waals surface area contributed by atoms with E-state index in [1.807, 2.05) is 22.5 Å². The molecule has 10 nitrogen and oxygen atoms in total. The van der Waals surface area contributed by atoms with E-state index in [0.717, 1.165) is 44.7 Å². The summed E-state index contributed by atoms with van der Waals surface area (Å²) in [6.07, 6.45) is 9.51. The molecular formula is C21H35ClN10. The number of aryl methyl sites for hydroxylation is 2. The van der Waals surface area contributed by atoms with Gasteiger partial charge in [-0.25, -0.2) is 4.98 Å². The molecule has 0 fully saturated rings. The van der Waals surface area contributed by atoms with E-state index in [1.165, 1.54) is 19.3 Å². The van der Waals surface area contributed by atoms with Crippen LogP contribution < -0.4 is 16.0 Å². The zero-order chi connectivity index (χ0) is 22.8. The zero-order valence-electron chi connectivity index (χ0n) is 19.3. The molecule has 176 valence electrons. The Kier molecular flexibility index (Phi) is 9.63. The van der Waals surface area contributed by atoms with Crippen LogP contribution in [0.1, 0.15) is 51.6 Å². The summed E-state index contributed by atoms with van der Waals surface area (Å²) in [4.78, 5) is 12.8. The van der Waals surface area contributed by atoms with Crippen LogP contribution >= 0.6 is 11.6 Å². The average Bonchev–Trinajstić information content (AvgIpc) is 3.39. The molecule has 0 amide bonds. The van der Waals surface area contributed by atoms with Gasteiger partial charge < -0.3 is 20.5 Å². The molecule has 0 aliphatic rings. The normalized spacial score (nSPS) is 12.5. The van der Waals surface area contributed by atoms with Gasteiger partial charge in [0, 0.05) is 19.6 Å². The Labute approximate surface area is 194 Å². The van der Waals surface area contributed by atoms with Crippen molar-refractivity contribution in [1.82, 2.24) is 45.1 Å². The van der Waals surface area contributed by atoms with Gasteiger partial charge in [-0.2, -0.15) is 9.97 Å². The minimum absolute atomic E-state index is 0.182. The van der Waals surface area contributed by atoms with E-state index in [1.54, 1.807) is 6.33 Å². The highest BCUT2D eigenvalue weighted by atomic mass is 35.5. The fourth-order valence-electron chi connectivity index (χ4n) is 3.62. The van der Waals surface area contributed by atoms with Crippen LogP contribution in [0.4, 0.5) is 5.82 Å². The van der Waals surface area contributed by atoms with Gasteiger partial charge in [0.1, 0.15) is 5.69 Å². The highest BCUT2D eigenvalue weighted by molar-refractivity contribution is 6.28. The Bertz CT molecular complexity index is 953. The molecule has 0 spiro atoms. The molecule has 3 N–H and O–H groups in total. The Morgan fingerprint density at radius 3 is 2.78 bits per heavy atom. The van der Waals surface area contributed by atoms with Crippen LogP contribution in [0, 0.1) is 0 Å². The first-order valence-corrected chi connectivity index (χ1v) is 11.9. The average molecular weight is 463 g/mol. The molecule has 0 saturated heterocycles. The molecule has 32 heavy (non-hydrogen) atoms. The summed E-state index contributed by atoms with van der Waals surface area (Å²) in [7, 11) is 1.87. The maximum Gasteiger partial charge on any atom is 0.226 e. The van der Waals surface area contributed by atoms with Crippen molar-refractivity contribution >= 4 is 28.6 Å². The minimum Gasteiger partial charge on any atom is -0.362 e. The summed E-state index contributed by atoms with van der Waals surface area (Å²) in [5.41, 5.74) is 2.20. The summed E-state index contributed by atoms with van der Waals surface area (Å²) in [5, 5.41) is 19.0. The molecule has 0 bridgehead atoms. The summed E-state index contributed by atoms with van der Waals surface area (Å²) in [6.45, 7) is 8.89. The number of rotatable bonds is 15. The minimum atomic E-state index is 0.182. The van der Waals surface area contributed by atoms with Gasteiger partial charge in [-0.3, -0.25) is 4.68 Å². The smallest absolute Gasteiger partial charge is 0.226 e. The van der Waals surface area contributed by atoms with Crippen LogP contribution in [0.25, 0.3) is 11.2 Å². The topological polar surface area (TPSA) is 110 Å². The molecule has 0 radical (unpaired) electrons. The third-order valence-electron chi connectivity index (χ3n) is 5.39. The lowest BCUT2D eigenvalue weighted by atomic mass is 10.1. The van der Waals surface area contributed by atoms with Gasteiger partial charge in [0.2, 0.25) is 5.28 Å². The molecule has 0 aromatic carbocycles. The van der Waals surface area contributed by atoms with Crippen molar-refractivity contribution in [2.45, 2.75) is 65.1 Å². The van der Waals surface area contributed by atoms with Gasteiger partial charge >= 0.3 is 0 Å². The Morgan fingerprint density at radius 2 is 1.97 bits per heavy atom. The van der Waals surface area contributed by atoms with E-state index >= 15 is 0 Å². The predicted octanol–water partition coefficient (Wildman–Crippen LogP) is 2.76. The summed E-state index contributed by atoms with van der Waals surface area (Å²) in [5.74, 6) is 0.591. The number of hydrogen-bond donors (Lipinski definition) is 3. The molecule has 1 atom stereocenters. The number of imidazole rings is 1. The second kappa shape index (κ2) is 12.7. The van der Waals surface area contributed by atoms with Crippen molar-refractivity contribution < 1.29 is 0 Å². The zero-order valence-corrected chi connectivity index (χ0v) is 20.1. The first-order valence-electron chi connectivity index (χ1n) is 11.5. The number of nitrogens with one attached hydrogen (secondary N) is 3. The maximum absolute atomic E-state index is 6.04. The predicted molar refractivity (Wildman–Crippen MR) is 128 cm³/mol. The van der Waals surface area contributed by atoms with E-state index in [9.17, 15) is 0 Å². The second-order valence-corrected chi connectivity index (χ2v) is 8.34. The third-order valence-corrected chi connectivity index (χ3v) is 5.56. The van der Waals surface area contributed by atoms with Gasteiger partial charge in [-0.05, 0) is 56.9 Å². The Balaban J connectivity index is 1.33.